The second kappa shape index (κ2) is 11.6. The minimum atomic E-state index is -2.30. The molecule has 35 heavy (non-hydrogen) atoms. The number of benzene rings is 4. The van der Waals surface area contributed by atoms with Gasteiger partial charge in [-0.15, -0.1) is 0 Å². The van der Waals surface area contributed by atoms with E-state index in [1.165, 1.54) is 21.2 Å². The first-order valence-electron chi connectivity index (χ1n) is 11.7. The number of rotatable bonds is 4. The van der Waals surface area contributed by atoms with E-state index in [0.717, 1.165) is 0 Å². The first-order valence-corrected chi connectivity index (χ1v) is 17.6. The summed E-state index contributed by atoms with van der Waals surface area (Å²) in [5, 5.41) is 5.66. The first kappa shape index (κ1) is 26.4. The van der Waals surface area contributed by atoms with Crippen LogP contribution in [-0.2, 0) is 9.05 Å². The van der Waals surface area contributed by atoms with Crippen molar-refractivity contribution in [3.05, 3.63) is 121 Å². The van der Waals surface area contributed by atoms with Crippen LogP contribution in [0.1, 0.15) is 13.8 Å². The third kappa shape index (κ3) is 6.38. The zero-order valence-electron chi connectivity index (χ0n) is 20.1. The molecule has 1 saturated heterocycles. The normalized spacial score (nSPS) is 17.0. The molecule has 1 aliphatic rings. The van der Waals surface area contributed by atoms with E-state index in [9.17, 15) is 0 Å². The summed E-state index contributed by atoms with van der Waals surface area (Å²) in [5.74, 6) is 0. The molecule has 1 aliphatic heterocycles. The molecule has 6 heteroatoms. The van der Waals surface area contributed by atoms with E-state index in [0.29, 0.717) is 13.2 Å². The molecule has 0 N–H and O–H groups in total. The monoisotopic (exact) mass is 539 g/mol. The summed E-state index contributed by atoms with van der Waals surface area (Å²) in [4.78, 5) is 0. The van der Waals surface area contributed by atoms with Crippen molar-refractivity contribution in [1.82, 2.24) is 0 Å². The van der Waals surface area contributed by atoms with E-state index in [1.54, 1.807) is 0 Å². The van der Waals surface area contributed by atoms with Crippen molar-refractivity contribution in [2.75, 3.05) is 13.2 Å². The van der Waals surface area contributed by atoms with Crippen LogP contribution in [0.5, 0.6) is 0 Å². The quantitative estimate of drug-likeness (QED) is 0.224. The Morgan fingerprint density at radius 3 is 1.03 bits per heavy atom. The molecular weight excluding hydrogens is 506 g/mol. The van der Waals surface area contributed by atoms with Gasteiger partial charge in [0.15, 0.2) is 0 Å². The van der Waals surface area contributed by atoms with Crippen LogP contribution in [-0.4, -0.2) is 13.2 Å². The van der Waals surface area contributed by atoms with Gasteiger partial charge < -0.3 is 9.05 Å². The summed E-state index contributed by atoms with van der Waals surface area (Å²) in [6, 6.07) is 44.0. The molecular formula is C29H33O2P2S2. The van der Waals surface area contributed by atoms with Crippen LogP contribution in [0.4, 0.5) is 0 Å². The molecule has 0 unspecified atom stereocenters. The van der Waals surface area contributed by atoms with Gasteiger partial charge in [-0.3, -0.25) is 0 Å². The van der Waals surface area contributed by atoms with E-state index in [2.05, 4.69) is 160 Å². The zero-order valence-corrected chi connectivity index (χ0v) is 23.8. The maximum atomic E-state index is 5.30. The van der Waals surface area contributed by atoms with Crippen LogP contribution in [0.3, 0.4) is 0 Å². The molecule has 1 heterocycles. The summed E-state index contributed by atoms with van der Waals surface area (Å²) in [5.41, 5.74) is 0.120. The van der Waals surface area contributed by atoms with Gasteiger partial charge in [-0.2, -0.15) is 0 Å². The molecule has 0 bridgehead atoms. The van der Waals surface area contributed by atoms with E-state index in [1.807, 2.05) is 0 Å². The molecule has 0 atom stereocenters. The Hall–Kier alpha value is -1.64. The van der Waals surface area contributed by atoms with Crippen molar-refractivity contribution in [3.63, 3.8) is 0 Å². The van der Waals surface area contributed by atoms with Gasteiger partial charge in [-0.05, 0) is 0 Å². The Morgan fingerprint density at radius 2 is 0.800 bits per heavy atom. The standard InChI is InChI=1S/C24H21P.C5H12O2PS2/c1-5-13-21(14-6-1)25(22-15-7-2-8-16-22,23-17-9-3-10-18-23)24-19-11-4-12-20-24;1-5(2)3-6-8(9,10)7-4-5/h1-20,25H;9-10H,3-4H2,1-2H3. The fourth-order valence-corrected chi connectivity index (χ4v) is 10.9. The summed E-state index contributed by atoms with van der Waals surface area (Å²) >= 11 is 8.25. The van der Waals surface area contributed by atoms with Crippen molar-refractivity contribution in [1.29, 1.82) is 0 Å². The number of hydrogen-bond donors (Lipinski definition) is 2. The predicted molar refractivity (Wildman–Crippen MR) is 163 cm³/mol. The summed E-state index contributed by atoms with van der Waals surface area (Å²) in [7, 11) is -2.30. The van der Waals surface area contributed by atoms with E-state index >= 15 is 0 Å². The Labute approximate surface area is 221 Å². The number of thiol groups is 2. The van der Waals surface area contributed by atoms with Gasteiger partial charge in [0.05, 0.1) is 13.2 Å². The van der Waals surface area contributed by atoms with Crippen LogP contribution in [0.2, 0.25) is 0 Å². The Kier molecular flexibility index (Phi) is 8.76. The van der Waals surface area contributed by atoms with Gasteiger partial charge in [-0.1, -0.05) is 38.3 Å². The fraction of sp³-hybridized carbons (Fsp3) is 0.172. The zero-order chi connectivity index (χ0) is 24.8. The van der Waals surface area contributed by atoms with Gasteiger partial charge in [0.1, 0.15) is 0 Å². The second-order valence-corrected chi connectivity index (χ2v) is 18.8. The Bertz CT molecular complexity index is 997. The Morgan fingerprint density at radius 1 is 0.543 bits per heavy atom. The van der Waals surface area contributed by atoms with Gasteiger partial charge in [0.2, 0.25) is 6.12 Å². The van der Waals surface area contributed by atoms with Gasteiger partial charge >= 0.3 is 150 Å². The Balaban J connectivity index is 0.000000243. The molecule has 1 radical (unpaired) electrons. The summed E-state index contributed by atoms with van der Waals surface area (Å²) < 4.78 is 10.6. The van der Waals surface area contributed by atoms with Crippen LogP contribution < -0.4 is 21.2 Å². The maximum absolute atomic E-state index is 5.30. The second-order valence-electron chi connectivity index (χ2n) is 9.42. The topological polar surface area (TPSA) is 18.5 Å². The van der Waals surface area contributed by atoms with Gasteiger partial charge in [0, 0.05) is 5.41 Å². The summed E-state index contributed by atoms with van der Waals surface area (Å²) in [6.45, 7) is 5.56. The van der Waals surface area contributed by atoms with Crippen LogP contribution in [0, 0.1) is 5.41 Å². The fourth-order valence-electron chi connectivity index (χ4n) is 4.35. The minimum absolute atomic E-state index is 0.120. The summed E-state index contributed by atoms with van der Waals surface area (Å²) in [6.07, 6.45) is -2.03. The molecule has 4 aromatic rings. The van der Waals surface area contributed by atoms with Crippen molar-refractivity contribution in [2.45, 2.75) is 13.8 Å². The third-order valence-electron chi connectivity index (χ3n) is 6.07. The van der Waals surface area contributed by atoms with Crippen molar-refractivity contribution in [3.8, 4) is 0 Å². The predicted octanol–water partition coefficient (Wildman–Crippen LogP) is 6.63. The molecule has 5 rings (SSSR count). The number of hydrogen-bond acceptors (Lipinski definition) is 4. The molecule has 0 aromatic heterocycles. The van der Waals surface area contributed by atoms with E-state index < -0.39 is 13.4 Å². The average Bonchev–Trinajstić information content (AvgIpc) is 2.90. The van der Waals surface area contributed by atoms with Crippen LogP contribution >= 0.6 is 37.9 Å². The third-order valence-corrected chi connectivity index (χ3v) is 13.2. The SMILES string of the molecule is CC1(C)CO[P](S)(S)OC1.c1ccc([PH](c2ccccc2)(c2ccccc2)c2ccccc2)cc1. The van der Waals surface area contributed by atoms with Crippen LogP contribution in [0.25, 0.3) is 0 Å². The molecule has 1 fully saturated rings. The van der Waals surface area contributed by atoms with Gasteiger partial charge in [-0.25, -0.2) is 0 Å². The molecule has 0 saturated carbocycles. The van der Waals surface area contributed by atoms with Crippen molar-refractivity contribution < 1.29 is 9.05 Å². The van der Waals surface area contributed by atoms with Crippen molar-refractivity contribution in [2.24, 2.45) is 5.41 Å². The molecule has 2 nitrogen and oxygen atoms in total. The molecule has 0 amide bonds. The molecule has 183 valence electrons. The van der Waals surface area contributed by atoms with Gasteiger partial charge in [0.25, 0.3) is 0 Å². The molecule has 0 aliphatic carbocycles. The molecule has 0 spiro atoms. The molecule has 4 aromatic carbocycles. The average molecular weight is 540 g/mol. The van der Waals surface area contributed by atoms with Crippen molar-refractivity contribution >= 4 is 59.1 Å². The van der Waals surface area contributed by atoms with Crippen LogP contribution in [0.15, 0.2) is 121 Å². The van der Waals surface area contributed by atoms with E-state index in [4.69, 9.17) is 9.05 Å². The van der Waals surface area contributed by atoms with E-state index in [-0.39, 0.29) is 5.41 Å². The first-order chi connectivity index (χ1) is 16.8.